The normalized spacial score (nSPS) is 32.1. The van der Waals surface area contributed by atoms with E-state index in [9.17, 15) is 4.79 Å². The summed E-state index contributed by atoms with van der Waals surface area (Å²) in [4.78, 5) is 16.8. The quantitative estimate of drug-likeness (QED) is 0.898. The van der Waals surface area contributed by atoms with Crippen molar-refractivity contribution in [2.75, 3.05) is 0 Å². The Labute approximate surface area is 128 Å². The number of rotatable bonds is 4. The number of ether oxygens (including phenoxy) is 1. The first kappa shape index (κ1) is 13.5. The fourth-order valence-electron chi connectivity index (χ4n) is 3.47. The summed E-state index contributed by atoms with van der Waals surface area (Å²) in [6, 6.07) is 0.186. The highest BCUT2D eigenvalue weighted by molar-refractivity contribution is 7.09. The van der Waals surface area contributed by atoms with E-state index in [1.165, 1.54) is 12.8 Å². The van der Waals surface area contributed by atoms with E-state index in [2.05, 4.69) is 15.6 Å². The number of nitrogens with zero attached hydrogens (tertiary/aromatic N) is 1. The molecule has 0 spiro atoms. The molecule has 4 atom stereocenters. The van der Waals surface area contributed by atoms with Crippen LogP contribution in [-0.4, -0.2) is 29.3 Å². The largest absolute Gasteiger partial charge is 0.373 e. The fraction of sp³-hybridized carbons (Fsp3) is 0.733. The Morgan fingerprint density at radius 2 is 2.29 bits per heavy atom. The van der Waals surface area contributed by atoms with E-state index in [1.54, 1.807) is 11.3 Å². The smallest absolute Gasteiger partial charge is 0.315 e. The van der Waals surface area contributed by atoms with Crippen molar-refractivity contribution in [3.8, 4) is 0 Å². The lowest BCUT2D eigenvalue weighted by Crippen LogP contribution is -2.47. The number of fused-ring (bicyclic) bond motifs is 2. The summed E-state index contributed by atoms with van der Waals surface area (Å²) in [5, 5.41) is 9.33. The van der Waals surface area contributed by atoms with Crippen molar-refractivity contribution in [1.29, 1.82) is 0 Å². The first-order valence-corrected chi connectivity index (χ1v) is 8.71. The summed E-state index contributed by atoms with van der Waals surface area (Å²) in [7, 11) is 0. The number of nitrogens with one attached hydrogen (secondary N) is 2. The second-order valence-corrected chi connectivity index (χ2v) is 7.37. The summed E-state index contributed by atoms with van der Waals surface area (Å²) in [6.07, 6.45) is 6.13. The van der Waals surface area contributed by atoms with Gasteiger partial charge in [-0.25, -0.2) is 9.78 Å². The van der Waals surface area contributed by atoms with Gasteiger partial charge in [0.1, 0.15) is 5.01 Å². The molecule has 3 fully saturated rings. The van der Waals surface area contributed by atoms with Crippen LogP contribution in [0.1, 0.15) is 48.8 Å². The Morgan fingerprint density at radius 3 is 2.86 bits per heavy atom. The van der Waals surface area contributed by atoms with Crippen LogP contribution in [0.4, 0.5) is 4.79 Å². The van der Waals surface area contributed by atoms with Crippen LogP contribution in [0.15, 0.2) is 5.38 Å². The minimum atomic E-state index is -0.0686. The maximum atomic E-state index is 12.3. The Morgan fingerprint density at radius 1 is 1.43 bits per heavy atom. The summed E-state index contributed by atoms with van der Waals surface area (Å²) in [5.74, 6) is 0.553. The minimum absolute atomic E-state index is 0.0686. The fourth-order valence-corrected chi connectivity index (χ4v) is 4.41. The molecule has 2 N–H and O–H groups in total. The van der Waals surface area contributed by atoms with Gasteiger partial charge in [-0.3, -0.25) is 0 Å². The standard InChI is InChI=1S/C15H21N3O2S/c1-8-7-21-14(16-8)13(9-2-3-9)18-15(19)17-11-6-10-4-5-12(11)20-10/h7,9-13H,2-6H2,1H3,(H2,17,18,19)/t10-,11-,12-,13-/m1/s1. The van der Waals surface area contributed by atoms with E-state index in [-0.39, 0.29) is 24.2 Å². The average molecular weight is 307 g/mol. The number of hydrogen-bond donors (Lipinski definition) is 2. The molecule has 1 aliphatic carbocycles. The second-order valence-electron chi connectivity index (χ2n) is 6.48. The lowest BCUT2D eigenvalue weighted by Gasteiger charge is -2.22. The molecular formula is C15H21N3O2S. The number of aryl methyl sites for hydroxylation is 1. The number of urea groups is 1. The van der Waals surface area contributed by atoms with E-state index in [1.807, 2.05) is 12.3 Å². The molecule has 1 saturated carbocycles. The monoisotopic (exact) mass is 307 g/mol. The average Bonchev–Trinajstić information content (AvgIpc) is 2.87. The minimum Gasteiger partial charge on any atom is -0.373 e. The van der Waals surface area contributed by atoms with Crippen molar-refractivity contribution in [2.45, 2.75) is 63.3 Å². The number of thiazole rings is 1. The Hall–Kier alpha value is -1.14. The predicted octanol–water partition coefficient (Wildman–Crippen LogP) is 2.52. The van der Waals surface area contributed by atoms with Gasteiger partial charge in [-0.15, -0.1) is 11.3 Å². The van der Waals surface area contributed by atoms with Crippen LogP contribution in [-0.2, 0) is 4.74 Å². The molecular weight excluding hydrogens is 286 g/mol. The van der Waals surface area contributed by atoms with Crippen LogP contribution in [0.5, 0.6) is 0 Å². The maximum Gasteiger partial charge on any atom is 0.315 e. The van der Waals surface area contributed by atoms with Gasteiger partial charge in [0.05, 0.1) is 24.3 Å². The summed E-state index contributed by atoms with van der Waals surface area (Å²) in [6.45, 7) is 2.00. The van der Waals surface area contributed by atoms with Crippen molar-refractivity contribution in [2.24, 2.45) is 5.92 Å². The predicted molar refractivity (Wildman–Crippen MR) is 80.3 cm³/mol. The molecule has 6 heteroatoms. The molecule has 1 aromatic rings. The summed E-state index contributed by atoms with van der Waals surface area (Å²) >= 11 is 1.64. The van der Waals surface area contributed by atoms with Crippen molar-refractivity contribution in [3.63, 3.8) is 0 Å². The Kier molecular flexibility index (Phi) is 3.38. The van der Waals surface area contributed by atoms with E-state index < -0.39 is 0 Å². The topological polar surface area (TPSA) is 63.2 Å². The number of carbonyl (C=O) groups excluding carboxylic acids is 1. The third-order valence-electron chi connectivity index (χ3n) is 4.71. The highest BCUT2D eigenvalue weighted by Crippen LogP contribution is 2.42. The van der Waals surface area contributed by atoms with Gasteiger partial charge in [-0.1, -0.05) is 0 Å². The van der Waals surface area contributed by atoms with Gasteiger partial charge in [0, 0.05) is 11.1 Å². The summed E-state index contributed by atoms with van der Waals surface area (Å²) in [5.41, 5.74) is 1.03. The maximum absolute atomic E-state index is 12.3. The number of amides is 2. The van der Waals surface area contributed by atoms with Gasteiger partial charge in [-0.05, 0) is 44.9 Å². The van der Waals surface area contributed by atoms with E-state index >= 15 is 0 Å². The zero-order valence-electron chi connectivity index (χ0n) is 12.2. The zero-order valence-corrected chi connectivity index (χ0v) is 13.0. The van der Waals surface area contributed by atoms with Gasteiger partial charge in [0.25, 0.3) is 0 Å². The molecule has 2 saturated heterocycles. The Balaban J connectivity index is 1.38. The molecule has 3 heterocycles. The molecule has 2 bridgehead atoms. The van der Waals surface area contributed by atoms with Gasteiger partial charge in [0.15, 0.2) is 0 Å². The van der Waals surface area contributed by atoms with Crippen molar-refractivity contribution in [1.82, 2.24) is 15.6 Å². The van der Waals surface area contributed by atoms with E-state index in [0.717, 1.165) is 30.0 Å². The van der Waals surface area contributed by atoms with E-state index in [0.29, 0.717) is 12.0 Å². The van der Waals surface area contributed by atoms with Crippen LogP contribution in [0.3, 0.4) is 0 Å². The van der Waals surface area contributed by atoms with Gasteiger partial charge in [-0.2, -0.15) is 0 Å². The van der Waals surface area contributed by atoms with Gasteiger partial charge in [0.2, 0.25) is 0 Å². The van der Waals surface area contributed by atoms with Crippen molar-refractivity contribution >= 4 is 17.4 Å². The zero-order chi connectivity index (χ0) is 14.4. The van der Waals surface area contributed by atoms with Crippen LogP contribution in [0, 0.1) is 12.8 Å². The lowest BCUT2D eigenvalue weighted by atomic mass is 9.96. The number of aromatic nitrogens is 1. The second kappa shape index (κ2) is 5.25. The first-order valence-electron chi connectivity index (χ1n) is 7.83. The van der Waals surface area contributed by atoms with Crippen molar-refractivity contribution < 1.29 is 9.53 Å². The number of hydrogen-bond acceptors (Lipinski definition) is 4. The van der Waals surface area contributed by atoms with E-state index in [4.69, 9.17) is 4.74 Å². The summed E-state index contributed by atoms with van der Waals surface area (Å²) < 4.78 is 5.79. The molecule has 4 rings (SSSR count). The molecule has 2 aliphatic heterocycles. The third-order valence-corrected chi connectivity index (χ3v) is 5.75. The first-order chi connectivity index (χ1) is 10.2. The number of carbonyl (C=O) groups is 1. The SMILES string of the molecule is Cc1csc([C@H](NC(=O)N[C@@H]2C[C@H]3CC[C@H]2O3)C2CC2)n1. The molecule has 0 unspecified atom stereocenters. The van der Waals surface area contributed by atoms with Gasteiger partial charge >= 0.3 is 6.03 Å². The van der Waals surface area contributed by atoms with Crippen LogP contribution in [0.2, 0.25) is 0 Å². The molecule has 1 aromatic heterocycles. The van der Waals surface area contributed by atoms with Crippen LogP contribution in [0.25, 0.3) is 0 Å². The molecule has 2 amide bonds. The van der Waals surface area contributed by atoms with Gasteiger partial charge < -0.3 is 15.4 Å². The molecule has 0 aromatic carbocycles. The van der Waals surface area contributed by atoms with Crippen molar-refractivity contribution in [3.05, 3.63) is 16.1 Å². The highest BCUT2D eigenvalue weighted by atomic mass is 32.1. The Bertz CT molecular complexity index is 543. The van der Waals surface area contributed by atoms with Crippen LogP contribution < -0.4 is 10.6 Å². The highest BCUT2D eigenvalue weighted by Gasteiger charge is 2.42. The third kappa shape index (κ3) is 2.79. The molecule has 3 aliphatic rings. The lowest BCUT2D eigenvalue weighted by molar-refractivity contribution is 0.0980. The molecule has 114 valence electrons. The van der Waals surface area contributed by atoms with Crippen LogP contribution >= 0.6 is 11.3 Å². The molecule has 21 heavy (non-hydrogen) atoms. The molecule has 0 radical (unpaired) electrons. The molecule has 5 nitrogen and oxygen atoms in total.